The van der Waals surface area contributed by atoms with Crippen LogP contribution in [0, 0.1) is 0 Å². The Bertz CT molecular complexity index is 3530. The molecule has 4 heterocycles. The fourth-order valence-electron chi connectivity index (χ4n) is 11.2. The van der Waals surface area contributed by atoms with E-state index in [0.717, 1.165) is 128 Å². The molecular formula is C65H74N10O7S. The van der Waals surface area contributed by atoms with E-state index in [4.69, 9.17) is 14.6 Å². The van der Waals surface area contributed by atoms with Gasteiger partial charge in [0, 0.05) is 112 Å². The highest BCUT2D eigenvalue weighted by Gasteiger charge is 2.29. The summed E-state index contributed by atoms with van der Waals surface area (Å²) in [6, 6.07) is 52.2. The predicted molar refractivity (Wildman–Crippen MR) is 332 cm³/mol. The van der Waals surface area contributed by atoms with Crippen molar-refractivity contribution in [2.45, 2.75) is 65.8 Å². The van der Waals surface area contributed by atoms with Crippen molar-refractivity contribution in [2.24, 2.45) is 5.14 Å². The van der Waals surface area contributed by atoms with Crippen LogP contribution in [-0.2, 0) is 36.1 Å². The molecule has 18 heteroatoms. The highest BCUT2D eigenvalue weighted by Crippen LogP contribution is 2.35. The van der Waals surface area contributed by atoms with Crippen LogP contribution in [0.25, 0.3) is 0 Å². The highest BCUT2D eigenvalue weighted by molar-refractivity contribution is 7.90. The van der Waals surface area contributed by atoms with Crippen LogP contribution < -0.4 is 49.6 Å². The molecule has 17 nitrogen and oxygen atoms in total. The first-order chi connectivity index (χ1) is 40.1. The van der Waals surface area contributed by atoms with Crippen LogP contribution in [0.15, 0.2) is 164 Å². The van der Waals surface area contributed by atoms with Crippen molar-refractivity contribution in [1.29, 1.82) is 0 Å². The number of carbonyl (C=O) groups is 3. The Morgan fingerprint density at radius 1 is 0.470 bits per heavy atom. The lowest BCUT2D eigenvalue weighted by atomic mass is 10.1. The maximum atomic E-state index is 13.6. The average Bonchev–Trinajstić information content (AvgIpc) is 4.18. The molecule has 7 aromatic carbocycles. The third-order valence-corrected chi connectivity index (χ3v) is 15.6. The summed E-state index contributed by atoms with van der Waals surface area (Å²) in [5, 5.41) is 10.9. The molecule has 0 aliphatic carbocycles. The molecule has 2 saturated heterocycles. The van der Waals surface area contributed by atoms with E-state index in [0.29, 0.717) is 47.7 Å². The third kappa shape index (κ3) is 15.0. The van der Waals surface area contributed by atoms with Crippen molar-refractivity contribution in [3.63, 3.8) is 0 Å². The minimum absolute atomic E-state index is 0.000270. The molecule has 0 saturated carbocycles. The Kier molecular flexibility index (Phi) is 18.3. The van der Waals surface area contributed by atoms with E-state index in [1.807, 2.05) is 140 Å². The first-order valence-corrected chi connectivity index (χ1v) is 30.1. The maximum absolute atomic E-state index is 13.6. The number of carbonyl (C=O) groups excluding carboxylic acids is 3. The molecular weight excluding hydrogens is 1060 g/mol. The number of nitrogens with two attached hydrogens (primary N) is 1. The Balaban J connectivity index is 0.000000187. The number of nitrogens with one attached hydrogen (secondary N) is 3. The molecule has 11 rings (SSSR count). The van der Waals surface area contributed by atoms with Crippen LogP contribution in [0.1, 0.15) is 70.7 Å². The summed E-state index contributed by atoms with van der Waals surface area (Å²) in [7, 11) is -3.90. The quantitative estimate of drug-likeness (QED) is 0.0722. The number of urea groups is 1. The summed E-state index contributed by atoms with van der Waals surface area (Å²) in [4.78, 5) is 52.7. The summed E-state index contributed by atoms with van der Waals surface area (Å²) in [5.74, 6) is 1.75. The molecule has 0 aromatic heterocycles. The Hall–Kier alpha value is -8.42. The summed E-state index contributed by atoms with van der Waals surface area (Å²) in [5.41, 5.74) is 11.2. The minimum atomic E-state index is -3.90. The number of hydrogen-bond acceptors (Lipinski definition) is 11. The van der Waals surface area contributed by atoms with Crippen molar-refractivity contribution in [3.05, 3.63) is 197 Å². The van der Waals surface area contributed by atoms with Gasteiger partial charge in [-0.25, -0.2) is 9.93 Å². The molecule has 4 aliphatic rings. The second-order valence-corrected chi connectivity index (χ2v) is 23.2. The van der Waals surface area contributed by atoms with Crippen molar-refractivity contribution >= 4 is 67.9 Å². The van der Waals surface area contributed by atoms with Crippen LogP contribution in [0.2, 0.25) is 0 Å². The first-order valence-electron chi connectivity index (χ1n) is 28.6. The summed E-state index contributed by atoms with van der Waals surface area (Å²) >= 11 is 0. The zero-order valence-corrected chi connectivity index (χ0v) is 48.5. The maximum Gasteiger partial charge on any atom is 0.323 e. The number of fused-ring (bicyclic) bond motifs is 2. The number of para-hydroxylation sites is 5. The average molecular weight is 1140 g/mol. The predicted octanol–water partition coefficient (Wildman–Crippen LogP) is 10.3. The molecule has 83 heavy (non-hydrogen) atoms. The van der Waals surface area contributed by atoms with Gasteiger partial charge in [-0.05, 0) is 154 Å². The van der Waals surface area contributed by atoms with Crippen LogP contribution in [0.3, 0.4) is 0 Å². The second-order valence-electron chi connectivity index (χ2n) is 21.9. The molecule has 2 fully saturated rings. The van der Waals surface area contributed by atoms with E-state index >= 15 is 0 Å². The van der Waals surface area contributed by atoms with Gasteiger partial charge in [-0.3, -0.25) is 24.1 Å². The van der Waals surface area contributed by atoms with Crippen LogP contribution >= 0.6 is 0 Å². The van der Waals surface area contributed by atoms with Gasteiger partial charge in [0.15, 0.2) is 0 Å². The standard InChI is InChI=1S/C36H39N5O3.C29H35N5O4S/c1-26(2)44-34-14-7-6-13-33(34)40-21-19-39(20-22-40)25-27-9-8-10-29(23-27)35(42)41-18-17-28-24-31(15-16-32(28)41)38-36(43)37-30-11-4-3-5-12-30;1-21(2)38-28-9-4-3-8-26(28)33-16-14-32(15-17-33)20-22-6-5-7-24(18-22)29(35)34-13-12-23-10-11-25(19-27(23)34)31-39(30,36)37/h3-16,23-24,26H,17-22,25H2,1-2H3,(H2,37,38,43);3-11,18-19,21,31H,12-17,20H2,1-2H3,(H2,30,36,37). The van der Waals surface area contributed by atoms with E-state index in [2.05, 4.69) is 79.1 Å². The SMILES string of the molecule is CC(C)Oc1ccccc1N1CCN(Cc2cccc(C(=O)N3CCc4cc(NC(=O)Nc5ccccc5)ccc43)c2)CC1.CC(C)Oc1ccccc1N1CCN(Cc2cccc(C(=O)N3CCc4ccc(NS(N)(=O)=O)cc43)c2)CC1. The summed E-state index contributed by atoms with van der Waals surface area (Å²) in [6.45, 7) is 18.3. The van der Waals surface area contributed by atoms with E-state index in [9.17, 15) is 22.8 Å². The number of benzene rings is 7. The molecule has 432 valence electrons. The third-order valence-electron chi connectivity index (χ3n) is 15.0. The van der Waals surface area contributed by atoms with Gasteiger partial charge in [-0.2, -0.15) is 8.42 Å². The lowest BCUT2D eigenvalue weighted by molar-refractivity contribution is 0.0981. The monoisotopic (exact) mass is 1140 g/mol. The van der Waals surface area contributed by atoms with Gasteiger partial charge in [0.25, 0.3) is 22.0 Å². The van der Waals surface area contributed by atoms with Gasteiger partial charge in [0.2, 0.25) is 0 Å². The number of piperazine rings is 2. The van der Waals surface area contributed by atoms with E-state index in [1.54, 1.807) is 17.0 Å². The number of ether oxygens (including phenoxy) is 2. The van der Waals surface area contributed by atoms with Gasteiger partial charge in [0.1, 0.15) is 11.5 Å². The lowest BCUT2D eigenvalue weighted by Gasteiger charge is -2.37. The molecule has 0 atom stereocenters. The second kappa shape index (κ2) is 26.2. The molecule has 0 spiro atoms. The molecule has 4 aliphatic heterocycles. The van der Waals surface area contributed by atoms with E-state index < -0.39 is 10.2 Å². The highest BCUT2D eigenvalue weighted by atomic mass is 32.2. The fourth-order valence-corrected chi connectivity index (χ4v) is 11.7. The Morgan fingerprint density at radius 2 is 0.952 bits per heavy atom. The first kappa shape index (κ1) is 57.8. The summed E-state index contributed by atoms with van der Waals surface area (Å²) < 4.78 is 37.3. The smallest absolute Gasteiger partial charge is 0.323 e. The number of nitrogens with zero attached hydrogens (tertiary/aromatic N) is 6. The van der Waals surface area contributed by atoms with Gasteiger partial charge in [-0.15, -0.1) is 0 Å². The molecule has 5 N–H and O–H groups in total. The van der Waals surface area contributed by atoms with Crippen molar-refractivity contribution in [3.8, 4) is 11.5 Å². The van der Waals surface area contributed by atoms with Crippen molar-refractivity contribution < 1.29 is 32.3 Å². The number of rotatable bonds is 16. The van der Waals surface area contributed by atoms with Gasteiger partial charge in [-0.1, -0.05) is 72.8 Å². The fraction of sp³-hybridized carbons (Fsp3) is 0.308. The van der Waals surface area contributed by atoms with E-state index in [1.165, 1.54) is 0 Å². The molecule has 7 aromatic rings. The van der Waals surface area contributed by atoms with E-state index in [-0.39, 0.29) is 30.1 Å². The number of amides is 4. The zero-order chi connectivity index (χ0) is 58.0. The summed E-state index contributed by atoms with van der Waals surface area (Å²) in [6.07, 6.45) is 1.71. The van der Waals surface area contributed by atoms with Crippen LogP contribution in [0.4, 0.5) is 44.6 Å². The molecule has 0 unspecified atom stereocenters. The Labute approximate surface area is 487 Å². The molecule has 0 radical (unpaired) electrons. The lowest BCUT2D eigenvalue weighted by Crippen LogP contribution is -2.46. The van der Waals surface area contributed by atoms with Crippen molar-refractivity contribution in [1.82, 2.24) is 9.80 Å². The zero-order valence-electron chi connectivity index (χ0n) is 47.7. The van der Waals surface area contributed by atoms with Crippen LogP contribution in [-0.4, -0.2) is 114 Å². The molecule has 4 amide bonds. The number of anilines is 7. The van der Waals surface area contributed by atoms with Crippen molar-refractivity contribution in [2.75, 3.05) is 100 Å². The van der Waals surface area contributed by atoms with Gasteiger partial charge >= 0.3 is 6.03 Å². The van der Waals surface area contributed by atoms with Gasteiger partial charge in [0.05, 0.1) is 29.3 Å². The normalized spacial score (nSPS) is 15.3. The Morgan fingerprint density at radius 3 is 1.48 bits per heavy atom. The van der Waals surface area contributed by atoms with Gasteiger partial charge < -0.3 is 39.7 Å². The largest absolute Gasteiger partial charge is 0.489 e. The molecule has 0 bridgehead atoms. The number of hydrogen-bond donors (Lipinski definition) is 4. The minimum Gasteiger partial charge on any atom is -0.489 e. The topological polar surface area (TPSA) is 185 Å². The van der Waals surface area contributed by atoms with Crippen LogP contribution in [0.5, 0.6) is 11.5 Å².